The first-order valence-electron chi connectivity index (χ1n) is 10.8. The third-order valence-corrected chi connectivity index (χ3v) is 5.92. The topological polar surface area (TPSA) is 93.1 Å². The number of aryl methyl sites for hydroxylation is 1. The number of Topliss-reactive ketones (excluding diaryl/α,β-unsaturated/α-hetero) is 1. The number of hydrogen-bond acceptors (Lipinski definition) is 6. The van der Waals surface area contributed by atoms with Gasteiger partial charge in [-0.25, -0.2) is 0 Å². The molecule has 31 heavy (non-hydrogen) atoms. The number of carbonyl (C=O) groups excluding carboxylic acids is 2. The number of nitrogens with zero attached hydrogens (tertiary/aromatic N) is 2. The van der Waals surface area contributed by atoms with E-state index in [4.69, 9.17) is 11.6 Å². The Morgan fingerprint density at radius 1 is 1.29 bits per heavy atom. The van der Waals surface area contributed by atoms with Crippen molar-refractivity contribution in [1.29, 1.82) is 0 Å². The second-order valence-electron chi connectivity index (χ2n) is 9.51. The lowest BCUT2D eigenvalue weighted by Crippen LogP contribution is -2.60. The molecule has 1 amide bonds. The van der Waals surface area contributed by atoms with E-state index in [0.717, 1.165) is 11.1 Å². The second-order valence-corrected chi connectivity index (χ2v) is 9.95. The van der Waals surface area contributed by atoms with Gasteiger partial charge in [-0.15, -0.1) is 0 Å². The SMILES string of the molecule is CB(O)NCc1ccc(Cl)cc1CCC(=O)[C@@H]1CN(C)CCN1C(=O)[C@H](O)C(C)(C)C. The van der Waals surface area contributed by atoms with E-state index < -0.39 is 24.6 Å². The lowest BCUT2D eigenvalue weighted by molar-refractivity contribution is -0.154. The number of ketones is 1. The molecule has 0 aromatic heterocycles. The highest BCUT2D eigenvalue weighted by molar-refractivity contribution is 6.45. The van der Waals surface area contributed by atoms with Crippen LogP contribution in [-0.4, -0.2) is 77.5 Å². The fourth-order valence-corrected chi connectivity index (χ4v) is 3.86. The predicted octanol–water partition coefficient (Wildman–Crippen LogP) is 1.59. The second kappa shape index (κ2) is 10.9. The number of amides is 1. The number of carbonyl (C=O) groups is 2. The van der Waals surface area contributed by atoms with Gasteiger partial charge >= 0.3 is 7.05 Å². The van der Waals surface area contributed by atoms with Gasteiger partial charge in [-0.2, -0.15) is 0 Å². The Labute approximate surface area is 190 Å². The Bertz CT molecular complexity index is 785. The Balaban J connectivity index is 2.13. The van der Waals surface area contributed by atoms with Crippen LogP contribution in [-0.2, 0) is 22.6 Å². The van der Waals surface area contributed by atoms with E-state index in [1.807, 2.05) is 44.9 Å². The highest BCUT2D eigenvalue weighted by atomic mass is 35.5. The molecule has 3 N–H and O–H groups in total. The fraction of sp³-hybridized carbons (Fsp3) is 0.636. The summed E-state index contributed by atoms with van der Waals surface area (Å²) in [5.74, 6) is -0.418. The number of likely N-dealkylation sites (N-methyl/N-ethyl adjacent to an activating group) is 1. The molecule has 1 heterocycles. The largest absolute Gasteiger partial charge is 0.437 e. The van der Waals surface area contributed by atoms with Crippen LogP contribution < -0.4 is 5.23 Å². The van der Waals surface area contributed by atoms with E-state index in [2.05, 4.69) is 5.23 Å². The summed E-state index contributed by atoms with van der Waals surface area (Å²) in [4.78, 5) is 29.7. The quantitative estimate of drug-likeness (QED) is 0.520. The normalized spacial score (nSPS) is 18.7. The van der Waals surface area contributed by atoms with Crippen LogP contribution in [0.3, 0.4) is 0 Å². The lowest BCUT2D eigenvalue weighted by atomic mass is 9.87. The van der Waals surface area contributed by atoms with Crippen LogP contribution in [0.15, 0.2) is 18.2 Å². The van der Waals surface area contributed by atoms with Crippen molar-refractivity contribution in [2.45, 2.75) is 59.1 Å². The molecule has 7 nitrogen and oxygen atoms in total. The van der Waals surface area contributed by atoms with E-state index in [-0.39, 0.29) is 18.1 Å². The minimum absolute atomic E-state index is 0.0320. The molecular formula is C22H35BClN3O4. The van der Waals surface area contributed by atoms with E-state index in [1.165, 1.54) is 0 Å². The summed E-state index contributed by atoms with van der Waals surface area (Å²) in [5, 5.41) is 23.5. The van der Waals surface area contributed by atoms with Crippen LogP contribution in [0.2, 0.25) is 11.8 Å². The number of aliphatic hydroxyl groups is 1. The van der Waals surface area contributed by atoms with Gasteiger partial charge in [0.25, 0.3) is 5.91 Å². The zero-order valence-electron chi connectivity index (χ0n) is 19.2. The number of nitrogens with one attached hydrogen (secondary N) is 1. The summed E-state index contributed by atoms with van der Waals surface area (Å²) in [6.07, 6.45) is -0.409. The van der Waals surface area contributed by atoms with Crippen molar-refractivity contribution in [1.82, 2.24) is 15.0 Å². The van der Waals surface area contributed by atoms with Crippen LogP contribution in [0.25, 0.3) is 0 Å². The highest BCUT2D eigenvalue weighted by Gasteiger charge is 2.39. The van der Waals surface area contributed by atoms with Gasteiger partial charge in [-0.3, -0.25) is 9.59 Å². The van der Waals surface area contributed by atoms with Gasteiger partial charge in [-0.05, 0) is 49.0 Å². The van der Waals surface area contributed by atoms with Gasteiger partial charge in [0.1, 0.15) is 12.1 Å². The number of benzene rings is 1. The van der Waals surface area contributed by atoms with Crippen molar-refractivity contribution >= 4 is 30.3 Å². The van der Waals surface area contributed by atoms with E-state index in [1.54, 1.807) is 17.8 Å². The first kappa shape index (κ1) is 25.8. The Kier molecular flexibility index (Phi) is 9.09. The molecule has 0 saturated carbocycles. The summed E-state index contributed by atoms with van der Waals surface area (Å²) in [5.41, 5.74) is 1.31. The first-order chi connectivity index (χ1) is 14.4. The van der Waals surface area contributed by atoms with E-state index in [9.17, 15) is 19.7 Å². The molecular weight excluding hydrogens is 417 g/mol. The molecule has 0 spiro atoms. The summed E-state index contributed by atoms with van der Waals surface area (Å²) in [7, 11) is 1.29. The maximum absolute atomic E-state index is 13.2. The maximum atomic E-state index is 13.2. The molecule has 1 aliphatic heterocycles. The van der Waals surface area contributed by atoms with Crippen LogP contribution in [0.5, 0.6) is 0 Å². The van der Waals surface area contributed by atoms with Gasteiger partial charge in [0, 0.05) is 37.6 Å². The minimum Gasteiger partial charge on any atom is -0.437 e. The van der Waals surface area contributed by atoms with Gasteiger partial charge in [0.05, 0.1) is 0 Å². The molecule has 0 bridgehead atoms. The summed E-state index contributed by atoms with van der Waals surface area (Å²) < 4.78 is 0. The monoisotopic (exact) mass is 451 g/mol. The molecule has 2 rings (SSSR count). The smallest absolute Gasteiger partial charge is 0.373 e. The van der Waals surface area contributed by atoms with Crippen LogP contribution >= 0.6 is 11.6 Å². The van der Waals surface area contributed by atoms with Crippen molar-refractivity contribution in [2.24, 2.45) is 5.41 Å². The molecule has 1 fully saturated rings. The average molecular weight is 452 g/mol. The predicted molar refractivity (Wildman–Crippen MR) is 124 cm³/mol. The molecule has 2 atom stereocenters. The number of halogens is 1. The average Bonchev–Trinajstić information content (AvgIpc) is 2.69. The van der Waals surface area contributed by atoms with Gasteiger partial charge in [0.2, 0.25) is 0 Å². The first-order valence-corrected chi connectivity index (χ1v) is 11.2. The molecule has 1 aromatic rings. The molecule has 0 aliphatic carbocycles. The number of rotatable bonds is 8. The number of piperazine rings is 1. The summed E-state index contributed by atoms with van der Waals surface area (Å²) >= 11 is 6.16. The summed E-state index contributed by atoms with van der Waals surface area (Å²) in [6.45, 7) is 9.07. The van der Waals surface area contributed by atoms with Crippen LogP contribution in [0, 0.1) is 5.41 Å². The van der Waals surface area contributed by atoms with Crippen molar-refractivity contribution in [3.8, 4) is 0 Å². The van der Waals surface area contributed by atoms with E-state index >= 15 is 0 Å². The maximum Gasteiger partial charge on any atom is 0.373 e. The zero-order valence-corrected chi connectivity index (χ0v) is 19.9. The molecule has 172 valence electrons. The van der Waals surface area contributed by atoms with Crippen molar-refractivity contribution in [3.05, 3.63) is 34.3 Å². The Morgan fingerprint density at radius 2 is 1.97 bits per heavy atom. The highest BCUT2D eigenvalue weighted by Crippen LogP contribution is 2.24. The summed E-state index contributed by atoms with van der Waals surface area (Å²) in [6, 6.07) is 4.94. The van der Waals surface area contributed by atoms with Crippen molar-refractivity contribution in [2.75, 3.05) is 26.7 Å². The molecule has 0 unspecified atom stereocenters. The fourth-order valence-electron chi connectivity index (χ4n) is 3.67. The Morgan fingerprint density at radius 3 is 2.58 bits per heavy atom. The molecule has 1 saturated heterocycles. The third-order valence-electron chi connectivity index (χ3n) is 5.69. The van der Waals surface area contributed by atoms with Gasteiger partial charge in [0.15, 0.2) is 5.78 Å². The van der Waals surface area contributed by atoms with E-state index in [0.29, 0.717) is 37.6 Å². The molecule has 1 aromatic carbocycles. The molecule has 0 radical (unpaired) electrons. The van der Waals surface area contributed by atoms with Gasteiger partial charge in [-0.1, -0.05) is 38.4 Å². The number of hydrogen-bond donors (Lipinski definition) is 3. The van der Waals surface area contributed by atoms with Crippen LogP contribution in [0.4, 0.5) is 0 Å². The van der Waals surface area contributed by atoms with Crippen LogP contribution in [0.1, 0.15) is 38.3 Å². The standard InChI is InChI=1S/C22H35BClN3O4/c1-22(2,3)20(29)21(30)27-11-10-26(5)14-18(27)19(28)9-7-15-12-17(24)8-6-16(15)13-25-23(4)31/h6,8,12,18,20,25,29,31H,7,9-11,13-14H2,1-5H3/t18-,20-/m0/s1. The van der Waals surface area contributed by atoms with Crippen molar-refractivity contribution < 1.29 is 19.7 Å². The van der Waals surface area contributed by atoms with Crippen molar-refractivity contribution in [3.63, 3.8) is 0 Å². The minimum atomic E-state index is -1.16. The van der Waals surface area contributed by atoms with Gasteiger partial charge < -0.3 is 25.2 Å². The lowest BCUT2D eigenvalue weighted by Gasteiger charge is -2.41. The third kappa shape index (κ3) is 7.29. The zero-order chi connectivity index (χ0) is 23.3. The molecule has 9 heteroatoms. The number of aliphatic hydroxyl groups excluding tert-OH is 1. The molecule has 1 aliphatic rings. The Hall–Kier alpha value is -1.45.